The zero-order chi connectivity index (χ0) is 12.5. The van der Waals surface area contributed by atoms with Crippen molar-refractivity contribution in [3.63, 3.8) is 0 Å². The van der Waals surface area contributed by atoms with Gasteiger partial charge in [0.25, 0.3) is 0 Å². The Morgan fingerprint density at radius 1 is 1.41 bits per heavy atom. The van der Waals surface area contributed by atoms with Crippen LogP contribution in [0.15, 0.2) is 0 Å². The van der Waals surface area contributed by atoms with Gasteiger partial charge >= 0.3 is 0 Å². The fourth-order valence-corrected chi connectivity index (χ4v) is 4.68. The van der Waals surface area contributed by atoms with E-state index in [1.807, 2.05) is 0 Å². The van der Waals surface area contributed by atoms with Crippen molar-refractivity contribution in [3.8, 4) is 0 Å². The first-order valence-corrected chi connectivity index (χ1v) is 8.44. The number of hydrogen-bond donors (Lipinski definition) is 1. The van der Waals surface area contributed by atoms with Crippen molar-refractivity contribution in [1.29, 1.82) is 0 Å². The van der Waals surface area contributed by atoms with Gasteiger partial charge in [-0.3, -0.25) is 0 Å². The van der Waals surface area contributed by atoms with E-state index in [0.29, 0.717) is 29.4 Å². The molecule has 0 aromatic heterocycles. The quantitative estimate of drug-likeness (QED) is 0.795. The summed E-state index contributed by atoms with van der Waals surface area (Å²) < 4.78 is 22.8. The van der Waals surface area contributed by atoms with Gasteiger partial charge in [0.1, 0.15) is 0 Å². The molecule has 2 fully saturated rings. The number of sulfone groups is 1. The predicted molar refractivity (Wildman–Crippen MR) is 69.8 cm³/mol. The van der Waals surface area contributed by atoms with E-state index in [0.717, 1.165) is 32.6 Å². The summed E-state index contributed by atoms with van der Waals surface area (Å²) in [7, 11) is -2.72. The van der Waals surface area contributed by atoms with Gasteiger partial charge in [0, 0.05) is 32.2 Å². The third-order valence-electron chi connectivity index (χ3n) is 3.94. The van der Waals surface area contributed by atoms with Crippen LogP contribution in [0.25, 0.3) is 0 Å². The molecule has 0 bridgehead atoms. The topological polar surface area (TPSA) is 49.4 Å². The van der Waals surface area contributed by atoms with Gasteiger partial charge in [-0.25, -0.2) is 8.42 Å². The first-order valence-electron chi connectivity index (χ1n) is 6.62. The molecule has 100 valence electrons. The van der Waals surface area contributed by atoms with Crippen LogP contribution in [0.2, 0.25) is 0 Å². The van der Waals surface area contributed by atoms with E-state index >= 15 is 0 Å². The Morgan fingerprint density at radius 3 is 2.76 bits per heavy atom. The van der Waals surface area contributed by atoms with Gasteiger partial charge < -0.3 is 10.2 Å². The number of nitrogens with one attached hydrogen (secondary N) is 1. The van der Waals surface area contributed by atoms with Crippen LogP contribution in [0.4, 0.5) is 0 Å². The second kappa shape index (κ2) is 5.24. The molecule has 0 amide bonds. The lowest BCUT2D eigenvalue weighted by atomic mass is 10.0. The van der Waals surface area contributed by atoms with Crippen LogP contribution in [0, 0.1) is 11.8 Å². The Morgan fingerprint density at radius 2 is 2.18 bits per heavy atom. The molecule has 2 aliphatic heterocycles. The summed E-state index contributed by atoms with van der Waals surface area (Å²) in [6.07, 6.45) is 0.860. The lowest BCUT2D eigenvalue weighted by Gasteiger charge is -2.36. The Labute approximate surface area is 105 Å². The summed E-state index contributed by atoms with van der Waals surface area (Å²) in [5.41, 5.74) is 0. The van der Waals surface area contributed by atoms with E-state index in [9.17, 15) is 8.42 Å². The molecule has 2 atom stereocenters. The summed E-state index contributed by atoms with van der Waals surface area (Å²) in [5, 5.41) is 3.53. The zero-order valence-electron chi connectivity index (χ0n) is 10.9. The van der Waals surface area contributed by atoms with Crippen LogP contribution in [0.1, 0.15) is 20.3 Å². The first-order chi connectivity index (χ1) is 7.96. The molecule has 2 aliphatic rings. The van der Waals surface area contributed by atoms with Gasteiger partial charge in [0.05, 0.1) is 11.5 Å². The first kappa shape index (κ1) is 13.3. The van der Waals surface area contributed by atoms with E-state index in [4.69, 9.17) is 0 Å². The largest absolute Gasteiger partial charge is 0.311 e. The molecule has 2 heterocycles. The SMILES string of the molecule is CC(C)C1CN(CC2CCS(=O)(=O)C2)CCN1. The van der Waals surface area contributed by atoms with Crippen LogP contribution in [-0.2, 0) is 9.84 Å². The molecule has 0 spiro atoms. The van der Waals surface area contributed by atoms with E-state index < -0.39 is 9.84 Å². The number of piperazine rings is 1. The minimum atomic E-state index is -2.72. The standard InChI is InChI=1S/C12H24N2O2S/c1-10(2)12-8-14(5-4-13-12)7-11-3-6-17(15,16)9-11/h10-13H,3-9H2,1-2H3. The molecule has 0 aromatic rings. The Bertz CT molecular complexity index is 354. The summed E-state index contributed by atoms with van der Waals surface area (Å²) in [6, 6.07) is 0.557. The summed E-state index contributed by atoms with van der Waals surface area (Å²) >= 11 is 0. The van der Waals surface area contributed by atoms with Crippen molar-refractivity contribution in [1.82, 2.24) is 10.2 Å². The number of hydrogen-bond acceptors (Lipinski definition) is 4. The normalized spacial score (nSPS) is 34.3. The maximum absolute atomic E-state index is 11.4. The Hall–Kier alpha value is -0.130. The maximum atomic E-state index is 11.4. The van der Waals surface area contributed by atoms with Crippen molar-refractivity contribution in [2.75, 3.05) is 37.7 Å². The maximum Gasteiger partial charge on any atom is 0.150 e. The minimum Gasteiger partial charge on any atom is -0.311 e. The van der Waals surface area contributed by atoms with Crippen LogP contribution in [-0.4, -0.2) is 57.0 Å². The molecule has 2 saturated heterocycles. The van der Waals surface area contributed by atoms with E-state index in [1.54, 1.807) is 0 Å². The van der Waals surface area contributed by atoms with Gasteiger partial charge in [-0.05, 0) is 18.3 Å². The fourth-order valence-electron chi connectivity index (χ4n) is 2.84. The third kappa shape index (κ3) is 3.66. The Kier molecular flexibility index (Phi) is 4.10. The molecule has 1 N–H and O–H groups in total. The van der Waals surface area contributed by atoms with Gasteiger partial charge in [-0.1, -0.05) is 13.8 Å². The van der Waals surface area contributed by atoms with Gasteiger partial charge in [-0.15, -0.1) is 0 Å². The lowest BCUT2D eigenvalue weighted by Crippen LogP contribution is -2.53. The molecule has 2 unspecified atom stereocenters. The van der Waals surface area contributed by atoms with Crippen molar-refractivity contribution in [2.45, 2.75) is 26.3 Å². The molecule has 0 radical (unpaired) electrons. The molecule has 0 aliphatic carbocycles. The summed E-state index contributed by atoms with van der Waals surface area (Å²) in [4.78, 5) is 2.44. The zero-order valence-corrected chi connectivity index (χ0v) is 11.7. The number of rotatable bonds is 3. The van der Waals surface area contributed by atoms with Crippen LogP contribution >= 0.6 is 0 Å². The highest BCUT2D eigenvalue weighted by Gasteiger charge is 2.30. The molecule has 2 rings (SSSR count). The molecule has 17 heavy (non-hydrogen) atoms. The molecule has 0 saturated carbocycles. The van der Waals surface area contributed by atoms with E-state index in [2.05, 4.69) is 24.1 Å². The minimum absolute atomic E-state index is 0.367. The third-order valence-corrected chi connectivity index (χ3v) is 5.77. The van der Waals surface area contributed by atoms with Gasteiger partial charge in [0.2, 0.25) is 0 Å². The van der Waals surface area contributed by atoms with E-state index in [1.165, 1.54) is 0 Å². The van der Waals surface area contributed by atoms with Gasteiger partial charge in [-0.2, -0.15) is 0 Å². The van der Waals surface area contributed by atoms with Crippen molar-refractivity contribution in [2.24, 2.45) is 11.8 Å². The molecule has 5 heteroatoms. The van der Waals surface area contributed by atoms with Crippen LogP contribution < -0.4 is 5.32 Å². The second-order valence-electron chi connectivity index (χ2n) is 5.83. The average Bonchev–Trinajstić information content (AvgIpc) is 2.58. The van der Waals surface area contributed by atoms with Gasteiger partial charge in [0.15, 0.2) is 9.84 Å². The van der Waals surface area contributed by atoms with Crippen molar-refractivity contribution in [3.05, 3.63) is 0 Å². The average molecular weight is 260 g/mol. The second-order valence-corrected chi connectivity index (χ2v) is 8.06. The van der Waals surface area contributed by atoms with Crippen LogP contribution in [0.5, 0.6) is 0 Å². The molecular formula is C12H24N2O2S. The lowest BCUT2D eigenvalue weighted by molar-refractivity contribution is 0.158. The van der Waals surface area contributed by atoms with Crippen LogP contribution in [0.3, 0.4) is 0 Å². The Balaban J connectivity index is 1.83. The predicted octanol–water partition coefficient (Wildman–Crippen LogP) is 0.351. The summed E-state index contributed by atoms with van der Waals surface area (Å²) in [6.45, 7) is 8.59. The fraction of sp³-hybridized carbons (Fsp3) is 1.00. The molecule has 0 aromatic carbocycles. The van der Waals surface area contributed by atoms with Crippen molar-refractivity contribution < 1.29 is 8.42 Å². The highest BCUT2D eigenvalue weighted by molar-refractivity contribution is 7.91. The summed E-state index contributed by atoms with van der Waals surface area (Å²) in [5.74, 6) is 1.82. The monoisotopic (exact) mass is 260 g/mol. The molecule has 4 nitrogen and oxygen atoms in total. The highest BCUT2D eigenvalue weighted by atomic mass is 32.2. The van der Waals surface area contributed by atoms with Crippen molar-refractivity contribution >= 4 is 9.84 Å². The molecular weight excluding hydrogens is 236 g/mol. The number of nitrogens with zero attached hydrogens (tertiary/aromatic N) is 1. The van der Waals surface area contributed by atoms with E-state index in [-0.39, 0.29) is 0 Å². The highest BCUT2D eigenvalue weighted by Crippen LogP contribution is 2.20. The smallest absolute Gasteiger partial charge is 0.150 e.